The zero-order chi connectivity index (χ0) is 11.5. The summed E-state index contributed by atoms with van der Waals surface area (Å²) in [5.74, 6) is 0.304. The van der Waals surface area contributed by atoms with Crippen LogP contribution in [0.25, 0.3) is 0 Å². The number of hydrogen-bond donors (Lipinski definition) is 1. The molecule has 0 amide bonds. The molecule has 86 valence electrons. The molecule has 0 spiro atoms. The van der Waals surface area contributed by atoms with Gasteiger partial charge in [0.15, 0.2) is 0 Å². The average Bonchev–Trinajstić information content (AvgIpc) is 2.17. The predicted molar refractivity (Wildman–Crippen MR) is 68.2 cm³/mol. The minimum absolute atomic E-state index is 0.0733. The molecule has 1 aromatic rings. The standard InChI is InChI=1S/C13H15BrFN/c1-9(14)8-16-11-6-10(7-11)12-4-2-3-5-13(12)15/h2-5,10-11,16H,1,6-8H2. The number of halogens is 2. The molecule has 1 fully saturated rings. The van der Waals surface area contributed by atoms with Crippen molar-refractivity contribution in [3.8, 4) is 0 Å². The van der Waals surface area contributed by atoms with E-state index in [1.807, 2.05) is 12.1 Å². The number of nitrogens with one attached hydrogen (secondary N) is 1. The van der Waals surface area contributed by atoms with Gasteiger partial charge in [-0.1, -0.05) is 40.7 Å². The van der Waals surface area contributed by atoms with Crippen LogP contribution in [-0.4, -0.2) is 12.6 Å². The molecule has 1 nitrogen and oxygen atoms in total. The molecule has 2 rings (SSSR count). The zero-order valence-corrected chi connectivity index (χ0v) is 10.6. The van der Waals surface area contributed by atoms with E-state index in [-0.39, 0.29) is 5.82 Å². The lowest BCUT2D eigenvalue weighted by molar-refractivity contribution is 0.293. The monoisotopic (exact) mass is 283 g/mol. The maximum Gasteiger partial charge on any atom is 0.126 e. The van der Waals surface area contributed by atoms with Crippen molar-refractivity contribution in [1.29, 1.82) is 0 Å². The second-order valence-electron chi connectivity index (χ2n) is 4.28. The van der Waals surface area contributed by atoms with Crippen LogP contribution in [0, 0.1) is 5.82 Å². The molecule has 0 aromatic heterocycles. The van der Waals surface area contributed by atoms with Crippen molar-refractivity contribution in [1.82, 2.24) is 5.32 Å². The topological polar surface area (TPSA) is 12.0 Å². The molecule has 0 aliphatic heterocycles. The Morgan fingerprint density at radius 2 is 2.12 bits per heavy atom. The highest BCUT2D eigenvalue weighted by Gasteiger charge is 2.31. The molecule has 3 heteroatoms. The molecule has 0 unspecified atom stereocenters. The van der Waals surface area contributed by atoms with E-state index >= 15 is 0 Å². The molecule has 0 saturated heterocycles. The molecule has 0 radical (unpaired) electrons. The summed E-state index contributed by atoms with van der Waals surface area (Å²) in [6, 6.07) is 7.57. The van der Waals surface area contributed by atoms with E-state index in [1.165, 1.54) is 6.07 Å². The van der Waals surface area contributed by atoms with Crippen LogP contribution in [0.1, 0.15) is 24.3 Å². The molecular weight excluding hydrogens is 269 g/mol. The first kappa shape index (κ1) is 11.8. The van der Waals surface area contributed by atoms with E-state index < -0.39 is 0 Å². The maximum absolute atomic E-state index is 13.5. The lowest BCUT2D eigenvalue weighted by Crippen LogP contribution is -2.40. The highest BCUT2D eigenvalue weighted by molar-refractivity contribution is 9.11. The Hall–Kier alpha value is -0.670. The summed E-state index contributed by atoms with van der Waals surface area (Å²) in [5, 5.41) is 3.37. The number of rotatable bonds is 4. The van der Waals surface area contributed by atoms with Crippen LogP contribution in [0.15, 0.2) is 35.3 Å². The van der Waals surface area contributed by atoms with Gasteiger partial charge in [0.05, 0.1) is 0 Å². The molecule has 1 N–H and O–H groups in total. The van der Waals surface area contributed by atoms with E-state index in [1.54, 1.807) is 6.07 Å². The van der Waals surface area contributed by atoms with Gasteiger partial charge < -0.3 is 5.32 Å². The Labute approximate surface area is 104 Å². The largest absolute Gasteiger partial charge is 0.309 e. The Kier molecular flexibility index (Phi) is 3.77. The van der Waals surface area contributed by atoms with E-state index in [0.717, 1.165) is 29.4 Å². The summed E-state index contributed by atoms with van der Waals surface area (Å²) in [6.07, 6.45) is 2.03. The van der Waals surface area contributed by atoms with Gasteiger partial charge in [0, 0.05) is 17.1 Å². The van der Waals surface area contributed by atoms with Gasteiger partial charge in [-0.2, -0.15) is 0 Å². The SMILES string of the molecule is C=C(Br)CNC1CC(c2ccccc2F)C1. The van der Waals surface area contributed by atoms with E-state index in [9.17, 15) is 4.39 Å². The van der Waals surface area contributed by atoms with Crippen molar-refractivity contribution in [2.45, 2.75) is 24.8 Å². The van der Waals surface area contributed by atoms with Crippen LogP contribution in [0.5, 0.6) is 0 Å². The van der Waals surface area contributed by atoms with E-state index in [2.05, 4.69) is 27.8 Å². The molecule has 1 aliphatic rings. The van der Waals surface area contributed by atoms with Crippen LogP contribution >= 0.6 is 15.9 Å². The molecule has 1 saturated carbocycles. The van der Waals surface area contributed by atoms with Gasteiger partial charge in [0.25, 0.3) is 0 Å². The Bertz CT molecular complexity index is 385. The van der Waals surface area contributed by atoms with Gasteiger partial charge >= 0.3 is 0 Å². The normalized spacial score (nSPS) is 23.9. The highest BCUT2D eigenvalue weighted by atomic mass is 79.9. The van der Waals surface area contributed by atoms with Gasteiger partial charge in [0.2, 0.25) is 0 Å². The highest BCUT2D eigenvalue weighted by Crippen LogP contribution is 2.37. The van der Waals surface area contributed by atoms with Gasteiger partial charge in [-0.3, -0.25) is 0 Å². The van der Waals surface area contributed by atoms with Crippen molar-refractivity contribution < 1.29 is 4.39 Å². The van der Waals surface area contributed by atoms with Crippen LogP contribution in [0.4, 0.5) is 4.39 Å². The third kappa shape index (κ3) is 2.71. The lowest BCUT2D eigenvalue weighted by atomic mass is 9.75. The van der Waals surface area contributed by atoms with Crippen LogP contribution in [0.2, 0.25) is 0 Å². The molecule has 1 aliphatic carbocycles. The second kappa shape index (κ2) is 5.11. The van der Waals surface area contributed by atoms with Gasteiger partial charge in [-0.05, 0) is 30.4 Å². The fourth-order valence-corrected chi connectivity index (χ4v) is 2.26. The summed E-state index contributed by atoms with van der Waals surface area (Å²) < 4.78 is 14.4. The first-order valence-corrected chi connectivity index (χ1v) is 6.27. The van der Waals surface area contributed by atoms with Crippen molar-refractivity contribution in [3.05, 3.63) is 46.7 Å². The Morgan fingerprint density at radius 1 is 1.44 bits per heavy atom. The fraction of sp³-hybridized carbons (Fsp3) is 0.385. The summed E-state index contributed by atoms with van der Waals surface area (Å²) in [7, 11) is 0. The quantitative estimate of drug-likeness (QED) is 0.891. The zero-order valence-electron chi connectivity index (χ0n) is 9.05. The summed E-state index contributed by atoms with van der Waals surface area (Å²) in [6.45, 7) is 4.56. The number of benzene rings is 1. The van der Waals surface area contributed by atoms with E-state index in [4.69, 9.17) is 0 Å². The Morgan fingerprint density at radius 3 is 2.75 bits per heavy atom. The average molecular weight is 284 g/mol. The van der Waals surface area contributed by atoms with Crippen molar-refractivity contribution in [3.63, 3.8) is 0 Å². The van der Waals surface area contributed by atoms with Crippen molar-refractivity contribution in [2.24, 2.45) is 0 Å². The minimum atomic E-state index is -0.0733. The van der Waals surface area contributed by atoms with Crippen molar-refractivity contribution >= 4 is 15.9 Å². The maximum atomic E-state index is 13.5. The molecule has 0 atom stereocenters. The summed E-state index contributed by atoms with van der Waals surface area (Å²) in [5.41, 5.74) is 0.859. The third-order valence-electron chi connectivity index (χ3n) is 3.07. The van der Waals surface area contributed by atoms with Crippen LogP contribution in [0.3, 0.4) is 0 Å². The van der Waals surface area contributed by atoms with Gasteiger partial charge in [-0.25, -0.2) is 4.39 Å². The minimum Gasteiger partial charge on any atom is -0.309 e. The Balaban J connectivity index is 1.84. The van der Waals surface area contributed by atoms with Crippen LogP contribution < -0.4 is 5.32 Å². The first-order valence-electron chi connectivity index (χ1n) is 5.48. The molecular formula is C13H15BrFN. The van der Waals surface area contributed by atoms with Gasteiger partial charge in [-0.15, -0.1) is 0 Å². The van der Waals surface area contributed by atoms with Crippen molar-refractivity contribution in [2.75, 3.05) is 6.54 Å². The summed E-state index contributed by atoms with van der Waals surface area (Å²) >= 11 is 3.31. The number of hydrogen-bond acceptors (Lipinski definition) is 1. The molecule has 0 heterocycles. The predicted octanol–water partition coefficient (Wildman–Crippen LogP) is 3.57. The second-order valence-corrected chi connectivity index (χ2v) is 5.41. The first-order chi connectivity index (χ1) is 7.66. The van der Waals surface area contributed by atoms with Gasteiger partial charge in [0.1, 0.15) is 5.82 Å². The third-order valence-corrected chi connectivity index (χ3v) is 3.35. The molecule has 16 heavy (non-hydrogen) atoms. The van der Waals surface area contributed by atoms with E-state index in [0.29, 0.717) is 12.0 Å². The molecule has 1 aromatic carbocycles. The van der Waals surface area contributed by atoms with Crippen LogP contribution in [-0.2, 0) is 0 Å². The lowest BCUT2D eigenvalue weighted by Gasteiger charge is -2.36. The molecule has 0 bridgehead atoms. The smallest absolute Gasteiger partial charge is 0.126 e. The summed E-state index contributed by atoms with van der Waals surface area (Å²) in [4.78, 5) is 0. The fourth-order valence-electron chi connectivity index (χ4n) is 2.10.